The van der Waals surface area contributed by atoms with Crippen molar-refractivity contribution in [1.82, 2.24) is 14.7 Å². The minimum absolute atomic E-state index is 0.0450. The van der Waals surface area contributed by atoms with E-state index in [1.807, 2.05) is 52.0 Å². The number of hydrogen-bond acceptors (Lipinski definition) is 3. The predicted molar refractivity (Wildman–Crippen MR) is 138 cm³/mol. The minimum atomic E-state index is -0.602. The molecule has 0 radical (unpaired) electrons. The summed E-state index contributed by atoms with van der Waals surface area (Å²) in [4.78, 5) is 27.7. The maximum Gasteiger partial charge on any atom is 0.257 e. The van der Waals surface area contributed by atoms with Crippen molar-refractivity contribution in [1.29, 1.82) is 0 Å². The van der Waals surface area contributed by atoms with E-state index in [2.05, 4.69) is 26.1 Å². The Morgan fingerprint density at radius 3 is 2.40 bits per heavy atom. The number of hydrogen-bond donors (Lipinski definition) is 1. The first kappa shape index (κ1) is 26.1. The molecular formula is C28H35FN4O2. The van der Waals surface area contributed by atoms with Crippen LogP contribution in [0.1, 0.15) is 61.8 Å². The molecule has 2 amide bonds. The van der Waals surface area contributed by atoms with Crippen molar-refractivity contribution in [3.05, 3.63) is 76.7 Å². The number of rotatable bonds is 7. The molecule has 186 valence electrons. The highest BCUT2D eigenvalue weighted by molar-refractivity contribution is 5.99. The second-order valence-corrected chi connectivity index (χ2v) is 10.4. The van der Waals surface area contributed by atoms with Crippen LogP contribution in [0, 0.1) is 25.6 Å². The lowest BCUT2D eigenvalue weighted by Gasteiger charge is -2.24. The van der Waals surface area contributed by atoms with E-state index in [4.69, 9.17) is 5.10 Å². The summed E-state index contributed by atoms with van der Waals surface area (Å²) in [5.41, 5.74) is 3.60. The van der Waals surface area contributed by atoms with E-state index in [0.29, 0.717) is 12.4 Å². The Balaban J connectivity index is 1.92. The Morgan fingerprint density at radius 1 is 1.09 bits per heavy atom. The summed E-state index contributed by atoms with van der Waals surface area (Å²) < 4.78 is 16.0. The first-order valence-corrected chi connectivity index (χ1v) is 11.9. The molecule has 3 aromatic rings. The average Bonchev–Trinajstić information content (AvgIpc) is 3.18. The predicted octanol–water partition coefficient (Wildman–Crippen LogP) is 5.66. The van der Waals surface area contributed by atoms with Gasteiger partial charge in [0.1, 0.15) is 18.2 Å². The molecule has 0 saturated heterocycles. The molecule has 0 spiro atoms. The summed E-state index contributed by atoms with van der Waals surface area (Å²) in [7, 11) is 0. The highest BCUT2D eigenvalue weighted by Crippen LogP contribution is 2.28. The molecule has 0 fully saturated rings. The van der Waals surface area contributed by atoms with Crippen LogP contribution in [0.25, 0.3) is 5.69 Å². The van der Waals surface area contributed by atoms with Crippen LogP contribution in [0.5, 0.6) is 0 Å². The molecule has 2 aromatic carbocycles. The van der Waals surface area contributed by atoms with E-state index in [9.17, 15) is 14.0 Å². The zero-order chi connectivity index (χ0) is 25.9. The van der Waals surface area contributed by atoms with Gasteiger partial charge in [0.05, 0.1) is 16.9 Å². The number of nitrogens with zero attached hydrogens (tertiary/aromatic N) is 3. The molecule has 1 heterocycles. The smallest absolute Gasteiger partial charge is 0.257 e. The third-order valence-electron chi connectivity index (χ3n) is 5.86. The van der Waals surface area contributed by atoms with E-state index < -0.39 is 11.7 Å². The third-order valence-corrected chi connectivity index (χ3v) is 5.86. The lowest BCUT2D eigenvalue weighted by Crippen LogP contribution is -2.40. The molecule has 0 aliphatic heterocycles. The SMILES string of the molecule is Cc1cccc(-n2nc(C(C)(C)C)cc2NC(=O)CN(CC(C)C)C(=O)c2ccccc2F)c1C. The van der Waals surface area contributed by atoms with Crippen LogP contribution in [0.2, 0.25) is 0 Å². The van der Waals surface area contributed by atoms with E-state index in [0.717, 1.165) is 22.5 Å². The monoisotopic (exact) mass is 478 g/mol. The zero-order valence-corrected chi connectivity index (χ0v) is 21.6. The van der Waals surface area contributed by atoms with Gasteiger partial charge in [-0.1, -0.05) is 58.9 Å². The van der Waals surface area contributed by atoms with Crippen LogP contribution >= 0.6 is 0 Å². The van der Waals surface area contributed by atoms with Crippen LogP contribution in [0.4, 0.5) is 10.2 Å². The van der Waals surface area contributed by atoms with Crippen molar-refractivity contribution in [2.45, 2.75) is 53.9 Å². The molecule has 3 rings (SSSR count). The molecule has 6 nitrogen and oxygen atoms in total. The maximum atomic E-state index is 14.3. The Labute approximate surface area is 207 Å². The second-order valence-electron chi connectivity index (χ2n) is 10.4. The number of aryl methyl sites for hydroxylation is 1. The lowest BCUT2D eigenvalue weighted by atomic mass is 9.92. The van der Waals surface area contributed by atoms with Crippen LogP contribution < -0.4 is 5.32 Å². The minimum Gasteiger partial charge on any atom is -0.329 e. The maximum absolute atomic E-state index is 14.3. The molecule has 1 aromatic heterocycles. The van der Waals surface area contributed by atoms with E-state index in [1.54, 1.807) is 10.7 Å². The van der Waals surface area contributed by atoms with Crippen molar-refractivity contribution < 1.29 is 14.0 Å². The molecular weight excluding hydrogens is 443 g/mol. The zero-order valence-electron chi connectivity index (χ0n) is 21.6. The Hall–Kier alpha value is -3.48. The Morgan fingerprint density at radius 2 is 1.77 bits per heavy atom. The van der Waals surface area contributed by atoms with E-state index in [-0.39, 0.29) is 29.3 Å². The average molecular weight is 479 g/mol. The Bertz CT molecular complexity index is 1220. The lowest BCUT2D eigenvalue weighted by molar-refractivity contribution is -0.117. The molecule has 0 aliphatic carbocycles. The molecule has 1 N–H and O–H groups in total. The number of benzene rings is 2. The molecule has 0 atom stereocenters. The van der Waals surface area contributed by atoms with Gasteiger partial charge in [0.2, 0.25) is 5.91 Å². The van der Waals surface area contributed by atoms with Crippen molar-refractivity contribution >= 4 is 17.6 Å². The van der Waals surface area contributed by atoms with Crippen LogP contribution in [0.3, 0.4) is 0 Å². The number of halogens is 1. The number of nitrogens with one attached hydrogen (secondary N) is 1. The normalized spacial score (nSPS) is 11.6. The van der Waals surface area contributed by atoms with Crippen molar-refractivity contribution in [3.8, 4) is 5.69 Å². The van der Waals surface area contributed by atoms with E-state index >= 15 is 0 Å². The van der Waals surface area contributed by atoms with Gasteiger partial charge in [-0.2, -0.15) is 5.10 Å². The van der Waals surface area contributed by atoms with Gasteiger partial charge in [-0.25, -0.2) is 9.07 Å². The summed E-state index contributed by atoms with van der Waals surface area (Å²) in [5, 5.41) is 7.75. The molecule has 0 saturated carbocycles. The Kier molecular flexibility index (Phi) is 7.78. The quantitative estimate of drug-likeness (QED) is 0.476. The topological polar surface area (TPSA) is 67.2 Å². The number of aromatic nitrogens is 2. The molecule has 0 unspecified atom stereocenters. The largest absolute Gasteiger partial charge is 0.329 e. The van der Waals surface area contributed by atoms with Crippen molar-refractivity contribution in [2.24, 2.45) is 5.92 Å². The van der Waals surface area contributed by atoms with Gasteiger partial charge in [0, 0.05) is 18.0 Å². The fourth-order valence-electron chi connectivity index (χ4n) is 3.81. The van der Waals surface area contributed by atoms with Gasteiger partial charge in [-0.3, -0.25) is 9.59 Å². The standard InChI is InChI=1S/C28H35FN4O2/c1-18(2)16-32(27(35)21-12-8-9-13-22(21)29)17-26(34)30-25-15-24(28(5,6)7)31-33(25)23-14-10-11-19(3)20(23)4/h8-15,18H,16-17H2,1-7H3,(H,30,34). The molecule has 35 heavy (non-hydrogen) atoms. The van der Waals surface area contributed by atoms with Crippen molar-refractivity contribution in [3.63, 3.8) is 0 Å². The highest BCUT2D eigenvalue weighted by atomic mass is 19.1. The van der Waals surface area contributed by atoms with Crippen LogP contribution in [-0.2, 0) is 10.2 Å². The number of carbonyl (C=O) groups is 2. The first-order chi connectivity index (χ1) is 16.4. The van der Waals surface area contributed by atoms with Gasteiger partial charge in [0.25, 0.3) is 5.91 Å². The van der Waals surface area contributed by atoms with Gasteiger partial charge < -0.3 is 10.2 Å². The van der Waals surface area contributed by atoms with Crippen LogP contribution in [0.15, 0.2) is 48.5 Å². The van der Waals surface area contributed by atoms with E-state index in [1.165, 1.54) is 23.1 Å². The number of amides is 2. The summed E-state index contributed by atoms with van der Waals surface area (Å²) >= 11 is 0. The third kappa shape index (κ3) is 6.15. The summed E-state index contributed by atoms with van der Waals surface area (Å²) in [6.07, 6.45) is 0. The van der Waals surface area contributed by atoms with Gasteiger partial charge in [0.15, 0.2) is 0 Å². The van der Waals surface area contributed by atoms with Crippen LogP contribution in [-0.4, -0.2) is 39.6 Å². The van der Waals surface area contributed by atoms with Gasteiger partial charge >= 0.3 is 0 Å². The van der Waals surface area contributed by atoms with Gasteiger partial charge in [-0.05, 0) is 49.1 Å². The number of carbonyl (C=O) groups excluding carboxylic acids is 2. The molecule has 0 aliphatic rings. The molecule has 7 heteroatoms. The second kappa shape index (κ2) is 10.4. The fourth-order valence-corrected chi connectivity index (χ4v) is 3.81. The summed E-state index contributed by atoms with van der Waals surface area (Å²) in [6.45, 7) is 14.3. The van der Waals surface area contributed by atoms with Crippen molar-refractivity contribution in [2.75, 3.05) is 18.4 Å². The summed E-state index contributed by atoms with van der Waals surface area (Å²) in [6, 6.07) is 13.6. The van der Waals surface area contributed by atoms with Gasteiger partial charge in [-0.15, -0.1) is 0 Å². The molecule has 0 bridgehead atoms. The number of anilines is 1. The fraction of sp³-hybridized carbons (Fsp3) is 0.393. The first-order valence-electron chi connectivity index (χ1n) is 11.9. The summed E-state index contributed by atoms with van der Waals surface area (Å²) in [5.74, 6) is -0.856. The highest BCUT2D eigenvalue weighted by Gasteiger charge is 2.25.